The first-order chi connectivity index (χ1) is 9.16. The molecule has 0 fully saturated rings. The minimum atomic E-state index is 0.238. The third kappa shape index (κ3) is 4.10. The Kier molecular flexibility index (Phi) is 5.02. The van der Waals surface area contributed by atoms with Crippen LogP contribution in [0.1, 0.15) is 17.4 Å². The van der Waals surface area contributed by atoms with Crippen LogP contribution in [0, 0.1) is 0 Å². The predicted molar refractivity (Wildman–Crippen MR) is 78.3 cm³/mol. The van der Waals surface area contributed by atoms with Gasteiger partial charge >= 0.3 is 0 Å². The molecule has 1 heterocycles. The first-order valence-corrected chi connectivity index (χ1v) is 6.69. The first-order valence-electron chi connectivity index (χ1n) is 6.32. The first kappa shape index (κ1) is 14.1. The monoisotopic (exact) mass is 278 g/mol. The Hall–Kier alpha value is -1.29. The van der Waals surface area contributed by atoms with Gasteiger partial charge in [-0.2, -0.15) is 0 Å². The van der Waals surface area contributed by atoms with Gasteiger partial charge in [0, 0.05) is 18.1 Å². The standard InChI is InChI=1S/C15H19ClN2O/c1-18(2)14(15-4-3-9-19-15)11-17-10-12-5-7-13(16)8-6-12/h3-9,14,17H,10-11H2,1-2H3. The maximum atomic E-state index is 5.87. The summed E-state index contributed by atoms with van der Waals surface area (Å²) in [5, 5.41) is 4.22. The zero-order chi connectivity index (χ0) is 13.7. The fourth-order valence-corrected chi connectivity index (χ4v) is 2.10. The summed E-state index contributed by atoms with van der Waals surface area (Å²) in [4.78, 5) is 2.15. The van der Waals surface area contributed by atoms with Crippen molar-refractivity contribution in [2.24, 2.45) is 0 Å². The molecule has 0 radical (unpaired) electrons. The molecule has 0 saturated carbocycles. The van der Waals surface area contributed by atoms with Gasteiger partial charge in [-0.1, -0.05) is 23.7 Å². The van der Waals surface area contributed by atoms with Crippen molar-refractivity contribution in [1.82, 2.24) is 10.2 Å². The highest BCUT2D eigenvalue weighted by molar-refractivity contribution is 6.30. The lowest BCUT2D eigenvalue weighted by atomic mass is 10.2. The Morgan fingerprint density at radius 1 is 1.21 bits per heavy atom. The molecule has 1 unspecified atom stereocenters. The Labute approximate surface area is 119 Å². The second-order valence-electron chi connectivity index (χ2n) is 4.75. The lowest BCUT2D eigenvalue weighted by Gasteiger charge is -2.22. The van der Waals surface area contributed by atoms with Crippen molar-refractivity contribution in [1.29, 1.82) is 0 Å². The third-order valence-corrected chi connectivity index (χ3v) is 3.33. The number of rotatable bonds is 6. The highest BCUT2D eigenvalue weighted by Crippen LogP contribution is 2.17. The quantitative estimate of drug-likeness (QED) is 0.879. The summed E-state index contributed by atoms with van der Waals surface area (Å²) in [6.45, 7) is 1.66. The maximum Gasteiger partial charge on any atom is 0.122 e. The van der Waals surface area contributed by atoms with E-state index in [-0.39, 0.29) is 6.04 Å². The molecular formula is C15H19ClN2O. The molecule has 4 heteroatoms. The summed E-state index contributed by atoms with van der Waals surface area (Å²) in [5.74, 6) is 0.980. The van der Waals surface area contributed by atoms with Gasteiger partial charge in [-0.3, -0.25) is 4.90 Å². The minimum Gasteiger partial charge on any atom is -0.468 e. The number of halogens is 1. The van der Waals surface area contributed by atoms with Crippen LogP contribution in [0.15, 0.2) is 47.1 Å². The van der Waals surface area contributed by atoms with Gasteiger partial charge in [0.1, 0.15) is 5.76 Å². The van der Waals surface area contributed by atoms with Gasteiger partial charge in [-0.25, -0.2) is 0 Å². The minimum absolute atomic E-state index is 0.238. The predicted octanol–water partition coefficient (Wildman–Crippen LogP) is 3.33. The second-order valence-corrected chi connectivity index (χ2v) is 5.19. The molecule has 2 aromatic rings. The van der Waals surface area contributed by atoms with E-state index in [1.54, 1.807) is 6.26 Å². The molecule has 0 amide bonds. The van der Waals surface area contributed by atoms with Crippen LogP contribution in [0.5, 0.6) is 0 Å². The Bertz CT molecular complexity index is 479. The van der Waals surface area contributed by atoms with Crippen LogP contribution in [-0.2, 0) is 6.54 Å². The highest BCUT2D eigenvalue weighted by Gasteiger charge is 2.15. The van der Waals surface area contributed by atoms with Crippen molar-refractivity contribution in [3.63, 3.8) is 0 Å². The largest absolute Gasteiger partial charge is 0.468 e. The average molecular weight is 279 g/mol. The smallest absolute Gasteiger partial charge is 0.122 e. The Balaban J connectivity index is 1.88. The zero-order valence-electron chi connectivity index (χ0n) is 11.3. The van der Waals surface area contributed by atoms with Gasteiger partial charge in [0.05, 0.1) is 12.3 Å². The second kappa shape index (κ2) is 6.75. The lowest BCUT2D eigenvalue weighted by molar-refractivity contribution is 0.250. The Morgan fingerprint density at radius 3 is 2.53 bits per heavy atom. The van der Waals surface area contributed by atoms with Gasteiger partial charge < -0.3 is 9.73 Å². The molecule has 0 bridgehead atoms. The van der Waals surface area contributed by atoms with Crippen LogP contribution < -0.4 is 5.32 Å². The number of hydrogen-bond acceptors (Lipinski definition) is 3. The number of nitrogens with one attached hydrogen (secondary N) is 1. The number of nitrogens with zero attached hydrogens (tertiary/aromatic N) is 1. The van der Waals surface area contributed by atoms with Crippen LogP contribution in [-0.4, -0.2) is 25.5 Å². The molecule has 1 N–H and O–H groups in total. The fraction of sp³-hybridized carbons (Fsp3) is 0.333. The molecule has 0 spiro atoms. The van der Waals surface area contributed by atoms with Gasteiger partial charge in [0.15, 0.2) is 0 Å². The van der Waals surface area contributed by atoms with E-state index in [0.717, 1.165) is 23.9 Å². The van der Waals surface area contributed by atoms with E-state index >= 15 is 0 Å². The number of benzene rings is 1. The van der Waals surface area contributed by atoms with Crippen molar-refractivity contribution in [3.05, 3.63) is 59.0 Å². The average Bonchev–Trinajstić information content (AvgIpc) is 2.90. The third-order valence-electron chi connectivity index (χ3n) is 3.08. The van der Waals surface area contributed by atoms with Crippen molar-refractivity contribution < 1.29 is 4.42 Å². The molecule has 1 aromatic carbocycles. The number of hydrogen-bond donors (Lipinski definition) is 1. The van der Waals surface area contributed by atoms with Crippen LogP contribution >= 0.6 is 11.6 Å². The summed E-state index contributed by atoms with van der Waals surface area (Å²) >= 11 is 5.87. The normalized spacial score (nSPS) is 12.8. The molecule has 0 aliphatic rings. The van der Waals surface area contributed by atoms with E-state index in [1.807, 2.05) is 36.4 Å². The van der Waals surface area contributed by atoms with Crippen LogP contribution in [0.4, 0.5) is 0 Å². The van der Waals surface area contributed by atoms with Gasteiger partial charge in [0.25, 0.3) is 0 Å². The molecule has 3 nitrogen and oxygen atoms in total. The van der Waals surface area contributed by atoms with Crippen LogP contribution in [0.3, 0.4) is 0 Å². The van der Waals surface area contributed by atoms with Crippen molar-refractivity contribution in [2.45, 2.75) is 12.6 Å². The van der Waals surface area contributed by atoms with E-state index in [0.29, 0.717) is 0 Å². The molecule has 19 heavy (non-hydrogen) atoms. The van der Waals surface area contributed by atoms with E-state index < -0.39 is 0 Å². The van der Waals surface area contributed by atoms with Crippen molar-refractivity contribution in [2.75, 3.05) is 20.6 Å². The van der Waals surface area contributed by atoms with Crippen LogP contribution in [0.2, 0.25) is 5.02 Å². The highest BCUT2D eigenvalue weighted by atomic mass is 35.5. The van der Waals surface area contributed by atoms with Gasteiger partial charge in [-0.05, 0) is 43.9 Å². The molecule has 0 aliphatic carbocycles. The summed E-state index contributed by atoms with van der Waals surface area (Å²) in [5.41, 5.74) is 1.22. The molecule has 0 saturated heterocycles. The fourth-order valence-electron chi connectivity index (χ4n) is 1.97. The topological polar surface area (TPSA) is 28.4 Å². The summed E-state index contributed by atoms with van der Waals surface area (Å²) in [7, 11) is 4.11. The SMILES string of the molecule is CN(C)C(CNCc1ccc(Cl)cc1)c1ccco1. The van der Waals surface area contributed by atoms with Gasteiger partial charge in [0.2, 0.25) is 0 Å². The lowest BCUT2D eigenvalue weighted by Crippen LogP contribution is -2.30. The number of likely N-dealkylation sites (N-methyl/N-ethyl adjacent to an activating group) is 1. The molecule has 0 aliphatic heterocycles. The van der Waals surface area contributed by atoms with Crippen molar-refractivity contribution >= 4 is 11.6 Å². The Morgan fingerprint density at radius 2 is 1.95 bits per heavy atom. The molecular weight excluding hydrogens is 260 g/mol. The zero-order valence-corrected chi connectivity index (χ0v) is 12.0. The van der Waals surface area contributed by atoms with Crippen molar-refractivity contribution in [3.8, 4) is 0 Å². The van der Waals surface area contributed by atoms with E-state index in [9.17, 15) is 0 Å². The number of furan rings is 1. The van der Waals surface area contributed by atoms with Gasteiger partial charge in [-0.15, -0.1) is 0 Å². The van der Waals surface area contributed by atoms with E-state index in [4.69, 9.17) is 16.0 Å². The summed E-state index contributed by atoms with van der Waals surface area (Å²) in [6.07, 6.45) is 1.71. The molecule has 1 atom stereocenters. The molecule has 2 rings (SSSR count). The summed E-state index contributed by atoms with van der Waals surface area (Å²) < 4.78 is 5.48. The molecule has 1 aromatic heterocycles. The summed E-state index contributed by atoms with van der Waals surface area (Å²) in [6, 6.07) is 12.1. The van der Waals surface area contributed by atoms with Crippen LogP contribution in [0.25, 0.3) is 0 Å². The van der Waals surface area contributed by atoms with E-state index in [1.165, 1.54) is 5.56 Å². The maximum absolute atomic E-state index is 5.87. The van der Waals surface area contributed by atoms with E-state index in [2.05, 4.69) is 24.3 Å². The molecule has 102 valence electrons.